The molecule has 0 aromatic rings. The topological polar surface area (TPSA) is 47.6 Å². The van der Waals surface area contributed by atoms with Crippen molar-refractivity contribution in [2.24, 2.45) is 10.7 Å². The summed E-state index contributed by atoms with van der Waals surface area (Å²) in [5.74, 6) is -0.0712. The zero-order chi connectivity index (χ0) is 10.8. The molecular weight excluding hydrogens is 190 g/mol. The summed E-state index contributed by atoms with van der Waals surface area (Å²) in [6, 6.07) is 0. The molecule has 5 heteroatoms. The van der Waals surface area contributed by atoms with Gasteiger partial charge in [-0.05, 0) is 13.3 Å². The SMILES string of the molecule is CC[C@]1(C)COC(CF)(CF)C(N)=N1. The number of aliphatic imine (C=N–C) groups is 1. The molecule has 2 N–H and O–H groups in total. The van der Waals surface area contributed by atoms with E-state index in [0.29, 0.717) is 0 Å². The molecule has 0 aromatic heterocycles. The molecule has 0 saturated carbocycles. The Morgan fingerprint density at radius 3 is 2.43 bits per heavy atom. The molecule has 1 atom stereocenters. The number of amidine groups is 1. The molecule has 0 radical (unpaired) electrons. The second-order valence-electron chi connectivity index (χ2n) is 3.90. The lowest BCUT2D eigenvalue weighted by molar-refractivity contribution is -0.0564. The van der Waals surface area contributed by atoms with Crippen molar-refractivity contribution in [1.82, 2.24) is 0 Å². The van der Waals surface area contributed by atoms with Gasteiger partial charge in [-0.25, -0.2) is 8.78 Å². The highest BCUT2D eigenvalue weighted by Crippen LogP contribution is 2.27. The summed E-state index contributed by atoms with van der Waals surface area (Å²) >= 11 is 0. The van der Waals surface area contributed by atoms with Crippen LogP contribution >= 0.6 is 0 Å². The number of nitrogens with two attached hydrogens (primary N) is 1. The summed E-state index contributed by atoms with van der Waals surface area (Å²) in [6.45, 7) is 2.04. The van der Waals surface area contributed by atoms with Crippen LogP contribution in [0.2, 0.25) is 0 Å². The number of ether oxygens (including phenoxy) is 1. The number of halogens is 2. The van der Waals surface area contributed by atoms with E-state index < -0.39 is 24.5 Å². The number of nitrogens with zero attached hydrogens (tertiary/aromatic N) is 1. The van der Waals surface area contributed by atoms with Crippen LogP contribution < -0.4 is 5.73 Å². The summed E-state index contributed by atoms with van der Waals surface area (Å²) in [7, 11) is 0. The summed E-state index contributed by atoms with van der Waals surface area (Å²) in [6.07, 6.45) is 0.725. The van der Waals surface area contributed by atoms with E-state index in [2.05, 4.69) is 4.99 Å². The van der Waals surface area contributed by atoms with Crippen molar-refractivity contribution in [2.75, 3.05) is 20.0 Å². The third kappa shape index (κ3) is 1.73. The molecule has 0 spiro atoms. The van der Waals surface area contributed by atoms with E-state index in [1.807, 2.05) is 13.8 Å². The zero-order valence-corrected chi connectivity index (χ0v) is 8.52. The molecular formula is C9H16F2N2O. The van der Waals surface area contributed by atoms with E-state index in [1.54, 1.807) is 0 Å². The Kier molecular flexibility index (Phi) is 3.09. The molecule has 3 nitrogen and oxygen atoms in total. The normalized spacial score (nSPS) is 31.3. The van der Waals surface area contributed by atoms with Crippen LogP contribution in [0.15, 0.2) is 4.99 Å². The Morgan fingerprint density at radius 2 is 2.07 bits per heavy atom. The third-order valence-electron chi connectivity index (χ3n) is 2.71. The van der Waals surface area contributed by atoms with Crippen molar-refractivity contribution in [3.05, 3.63) is 0 Å². The highest BCUT2D eigenvalue weighted by molar-refractivity contribution is 5.90. The summed E-state index contributed by atoms with van der Waals surface area (Å²) in [5.41, 5.74) is 3.45. The lowest BCUT2D eigenvalue weighted by Gasteiger charge is -2.38. The second-order valence-corrected chi connectivity index (χ2v) is 3.90. The first-order valence-electron chi connectivity index (χ1n) is 4.63. The van der Waals surface area contributed by atoms with Gasteiger partial charge >= 0.3 is 0 Å². The minimum Gasteiger partial charge on any atom is -0.385 e. The number of hydrogen-bond donors (Lipinski definition) is 1. The lowest BCUT2D eigenvalue weighted by Crippen LogP contribution is -2.57. The largest absolute Gasteiger partial charge is 0.385 e. The first kappa shape index (κ1) is 11.4. The van der Waals surface area contributed by atoms with Crippen LogP contribution in [-0.4, -0.2) is 36.9 Å². The molecule has 0 aromatic carbocycles. The van der Waals surface area contributed by atoms with Gasteiger partial charge in [-0.1, -0.05) is 6.92 Å². The monoisotopic (exact) mass is 206 g/mol. The van der Waals surface area contributed by atoms with Crippen LogP contribution in [0.1, 0.15) is 20.3 Å². The van der Waals surface area contributed by atoms with Crippen LogP contribution in [0.5, 0.6) is 0 Å². The molecule has 0 unspecified atom stereocenters. The fourth-order valence-corrected chi connectivity index (χ4v) is 1.22. The maximum Gasteiger partial charge on any atom is 0.181 e. The average Bonchev–Trinajstić information content (AvgIpc) is 2.19. The summed E-state index contributed by atoms with van der Waals surface area (Å²) in [5, 5.41) is 0. The molecule has 1 aliphatic heterocycles. The molecule has 0 fully saturated rings. The predicted molar refractivity (Wildman–Crippen MR) is 51.0 cm³/mol. The predicted octanol–water partition coefficient (Wildman–Crippen LogP) is 1.22. The van der Waals surface area contributed by atoms with Gasteiger partial charge in [-0.3, -0.25) is 4.99 Å². The van der Waals surface area contributed by atoms with Crippen LogP contribution in [0, 0.1) is 0 Å². The third-order valence-corrected chi connectivity index (χ3v) is 2.71. The van der Waals surface area contributed by atoms with E-state index >= 15 is 0 Å². The first-order chi connectivity index (χ1) is 6.52. The fraction of sp³-hybridized carbons (Fsp3) is 0.889. The Morgan fingerprint density at radius 1 is 1.50 bits per heavy atom. The van der Waals surface area contributed by atoms with E-state index in [0.717, 1.165) is 6.42 Å². The van der Waals surface area contributed by atoms with Crippen molar-refractivity contribution in [3.63, 3.8) is 0 Å². The molecule has 82 valence electrons. The maximum atomic E-state index is 12.6. The molecule has 0 amide bonds. The van der Waals surface area contributed by atoms with Gasteiger partial charge < -0.3 is 10.5 Å². The highest BCUT2D eigenvalue weighted by Gasteiger charge is 2.43. The van der Waals surface area contributed by atoms with Crippen LogP contribution in [0.25, 0.3) is 0 Å². The molecule has 1 rings (SSSR count). The van der Waals surface area contributed by atoms with Crippen LogP contribution in [0.4, 0.5) is 8.78 Å². The van der Waals surface area contributed by atoms with Crippen molar-refractivity contribution < 1.29 is 13.5 Å². The zero-order valence-electron chi connectivity index (χ0n) is 8.52. The van der Waals surface area contributed by atoms with Gasteiger partial charge in [-0.15, -0.1) is 0 Å². The Balaban J connectivity index is 2.95. The van der Waals surface area contributed by atoms with Gasteiger partial charge in [0.1, 0.15) is 19.2 Å². The summed E-state index contributed by atoms with van der Waals surface area (Å²) in [4.78, 5) is 4.12. The average molecular weight is 206 g/mol. The standard InChI is InChI=1S/C9H16F2N2O/c1-3-8(2)6-14-9(4-10,5-11)7(12)13-8/h3-6H2,1-2H3,(H2,12,13)/t8-/m1/s1. The fourth-order valence-electron chi connectivity index (χ4n) is 1.22. The van der Waals surface area contributed by atoms with E-state index in [1.165, 1.54) is 0 Å². The van der Waals surface area contributed by atoms with E-state index in [4.69, 9.17) is 10.5 Å². The van der Waals surface area contributed by atoms with Gasteiger partial charge in [0.2, 0.25) is 0 Å². The van der Waals surface area contributed by atoms with Crippen molar-refractivity contribution >= 4 is 5.84 Å². The van der Waals surface area contributed by atoms with Gasteiger partial charge in [-0.2, -0.15) is 0 Å². The quantitative estimate of drug-likeness (QED) is 0.754. The maximum absolute atomic E-state index is 12.6. The van der Waals surface area contributed by atoms with Gasteiger partial charge in [0.15, 0.2) is 5.60 Å². The Hall–Kier alpha value is -0.710. The second kappa shape index (κ2) is 3.81. The Labute approximate surface area is 82.3 Å². The van der Waals surface area contributed by atoms with Crippen LogP contribution in [0.3, 0.4) is 0 Å². The molecule has 1 aliphatic rings. The van der Waals surface area contributed by atoms with Crippen molar-refractivity contribution in [3.8, 4) is 0 Å². The van der Waals surface area contributed by atoms with Crippen molar-refractivity contribution in [2.45, 2.75) is 31.4 Å². The van der Waals surface area contributed by atoms with Crippen molar-refractivity contribution in [1.29, 1.82) is 0 Å². The first-order valence-corrected chi connectivity index (χ1v) is 4.63. The van der Waals surface area contributed by atoms with Gasteiger partial charge in [0, 0.05) is 0 Å². The minimum absolute atomic E-state index is 0.0712. The van der Waals surface area contributed by atoms with E-state index in [9.17, 15) is 8.78 Å². The molecule has 0 saturated heterocycles. The minimum atomic E-state index is -1.63. The number of alkyl halides is 2. The summed E-state index contributed by atoms with van der Waals surface area (Å²) < 4.78 is 30.4. The molecule has 0 bridgehead atoms. The smallest absolute Gasteiger partial charge is 0.181 e. The number of rotatable bonds is 3. The molecule has 0 aliphatic carbocycles. The van der Waals surface area contributed by atoms with Gasteiger partial charge in [0.05, 0.1) is 12.1 Å². The Bertz CT molecular complexity index is 241. The van der Waals surface area contributed by atoms with Crippen LogP contribution in [-0.2, 0) is 4.74 Å². The molecule has 1 heterocycles. The number of hydrogen-bond acceptors (Lipinski definition) is 3. The highest BCUT2D eigenvalue weighted by atomic mass is 19.1. The molecule has 14 heavy (non-hydrogen) atoms. The van der Waals surface area contributed by atoms with E-state index in [-0.39, 0.29) is 12.4 Å². The van der Waals surface area contributed by atoms with Gasteiger partial charge in [0.25, 0.3) is 0 Å². The lowest BCUT2D eigenvalue weighted by atomic mass is 9.95.